The van der Waals surface area contributed by atoms with E-state index >= 15 is 0 Å². The molecular formula is C14H13ClN2O2. The molecule has 0 saturated carbocycles. The van der Waals surface area contributed by atoms with Crippen molar-refractivity contribution in [3.05, 3.63) is 53.1 Å². The zero-order valence-corrected chi connectivity index (χ0v) is 11.1. The summed E-state index contributed by atoms with van der Waals surface area (Å²) in [5, 5.41) is 3.08. The number of ether oxygens (including phenoxy) is 1. The van der Waals surface area contributed by atoms with Crippen LogP contribution in [0.2, 0.25) is 5.02 Å². The van der Waals surface area contributed by atoms with Gasteiger partial charge in [0.15, 0.2) is 0 Å². The zero-order valence-electron chi connectivity index (χ0n) is 10.3. The summed E-state index contributed by atoms with van der Waals surface area (Å²) in [6, 6.07) is 11.8. The minimum Gasteiger partial charge on any atom is -0.497 e. The normalized spacial score (nSPS) is 10.0. The maximum atomic E-state index is 12.0. The van der Waals surface area contributed by atoms with Gasteiger partial charge in [0.1, 0.15) is 5.75 Å². The van der Waals surface area contributed by atoms with Gasteiger partial charge in [0.25, 0.3) is 5.91 Å². The number of nitrogens with two attached hydrogens (primary N) is 1. The lowest BCUT2D eigenvalue weighted by Crippen LogP contribution is -2.12. The third-order valence-electron chi connectivity index (χ3n) is 2.59. The Bertz CT molecular complexity index is 597. The van der Waals surface area contributed by atoms with E-state index in [-0.39, 0.29) is 5.91 Å². The third kappa shape index (κ3) is 3.17. The van der Waals surface area contributed by atoms with Crippen LogP contribution in [0, 0.1) is 0 Å². The minimum absolute atomic E-state index is 0.282. The van der Waals surface area contributed by atoms with E-state index < -0.39 is 0 Å². The molecule has 0 aromatic heterocycles. The molecule has 4 nitrogen and oxygen atoms in total. The molecule has 2 aromatic rings. The van der Waals surface area contributed by atoms with Crippen LogP contribution in [0.1, 0.15) is 10.4 Å². The van der Waals surface area contributed by atoms with Crippen LogP contribution >= 0.6 is 11.6 Å². The molecular weight excluding hydrogens is 264 g/mol. The number of halogens is 1. The second-order valence-corrected chi connectivity index (χ2v) is 4.33. The van der Waals surface area contributed by atoms with Crippen molar-refractivity contribution in [3.8, 4) is 5.75 Å². The number of nitrogen functional groups attached to an aromatic ring is 1. The Hall–Kier alpha value is -2.20. The molecule has 98 valence electrons. The summed E-state index contributed by atoms with van der Waals surface area (Å²) in [6.07, 6.45) is 0. The highest BCUT2D eigenvalue weighted by molar-refractivity contribution is 6.34. The Morgan fingerprint density at radius 1 is 1.21 bits per heavy atom. The summed E-state index contributed by atoms with van der Waals surface area (Å²) in [7, 11) is 1.59. The number of hydrogen-bond acceptors (Lipinski definition) is 3. The number of anilines is 2. The number of hydrogen-bond donors (Lipinski definition) is 2. The Kier molecular flexibility index (Phi) is 3.92. The molecule has 0 unspecified atom stereocenters. The van der Waals surface area contributed by atoms with Gasteiger partial charge in [-0.1, -0.05) is 11.6 Å². The predicted molar refractivity (Wildman–Crippen MR) is 76.8 cm³/mol. The van der Waals surface area contributed by atoms with Crippen molar-refractivity contribution in [2.24, 2.45) is 0 Å². The lowest BCUT2D eigenvalue weighted by atomic mass is 10.2. The molecule has 0 saturated heterocycles. The van der Waals surface area contributed by atoms with E-state index in [1.54, 1.807) is 49.6 Å². The van der Waals surface area contributed by atoms with E-state index in [9.17, 15) is 4.79 Å². The van der Waals surface area contributed by atoms with Crippen LogP contribution in [0.3, 0.4) is 0 Å². The summed E-state index contributed by atoms with van der Waals surface area (Å²) in [5.41, 5.74) is 7.15. The summed E-state index contributed by atoms with van der Waals surface area (Å²) in [4.78, 5) is 12.0. The van der Waals surface area contributed by atoms with Gasteiger partial charge in [-0.2, -0.15) is 0 Å². The van der Waals surface area contributed by atoms with E-state index in [1.807, 2.05) is 0 Å². The van der Waals surface area contributed by atoms with Gasteiger partial charge in [-0.25, -0.2) is 0 Å². The van der Waals surface area contributed by atoms with Crippen LogP contribution < -0.4 is 15.8 Å². The molecule has 0 aliphatic heterocycles. The maximum Gasteiger partial charge on any atom is 0.257 e. The maximum absolute atomic E-state index is 12.0. The number of nitrogens with one attached hydrogen (secondary N) is 1. The molecule has 0 atom stereocenters. The number of rotatable bonds is 3. The fourth-order valence-corrected chi connectivity index (χ4v) is 1.86. The fraction of sp³-hybridized carbons (Fsp3) is 0.0714. The largest absolute Gasteiger partial charge is 0.497 e. The van der Waals surface area contributed by atoms with Crippen LogP contribution in [0.4, 0.5) is 11.4 Å². The minimum atomic E-state index is -0.282. The van der Waals surface area contributed by atoms with E-state index in [4.69, 9.17) is 22.1 Å². The fourth-order valence-electron chi connectivity index (χ4n) is 1.59. The summed E-state index contributed by atoms with van der Waals surface area (Å²) < 4.78 is 5.04. The van der Waals surface area contributed by atoms with Gasteiger partial charge in [-0.05, 0) is 42.5 Å². The van der Waals surface area contributed by atoms with Crippen molar-refractivity contribution >= 4 is 28.9 Å². The standard InChI is InChI=1S/C14H13ClN2O2/c1-19-11-5-3-10(4-6-11)17-14(18)12-7-2-9(16)8-13(12)15/h2-8H,16H2,1H3,(H,17,18). The van der Waals surface area contributed by atoms with Crippen molar-refractivity contribution in [1.82, 2.24) is 0 Å². The third-order valence-corrected chi connectivity index (χ3v) is 2.90. The summed E-state index contributed by atoms with van der Waals surface area (Å²) in [5.74, 6) is 0.443. The average molecular weight is 277 g/mol. The molecule has 1 amide bonds. The molecule has 0 spiro atoms. The van der Waals surface area contributed by atoms with Crippen molar-refractivity contribution in [2.75, 3.05) is 18.2 Å². The molecule has 0 aliphatic rings. The molecule has 19 heavy (non-hydrogen) atoms. The van der Waals surface area contributed by atoms with E-state index in [2.05, 4.69) is 5.32 Å². The molecule has 0 radical (unpaired) electrons. The highest BCUT2D eigenvalue weighted by Crippen LogP contribution is 2.21. The zero-order chi connectivity index (χ0) is 13.8. The molecule has 2 aromatic carbocycles. The Morgan fingerprint density at radius 3 is 2.47 bits per heavy atom. The van der Waals surface area contributed by atoms with E-state index in [0.29, 0.717) is 22.0 Å². The van der Waals surface area contributed by atoms with Gasteiger partial charge in [-0.3, -0.25) is 4.79 Å². The van der Waals surface area contributed by atoms with Crippen molar-refractivity contribution < 1.29 is 9.53 Å². The Balaban J connectivity index is 2.15. The smallest absolute Gasteiger partial charge is 0.257 e. The van der Waals surface area contributed by atoms with Crippen LogP contribution in [0.15, 0.2) is 42.5 Å². The molecule has 3 N–H and O–H groups in total. The van der Waals surface area contributed by atoms with E-state index in [1.165, 1.54) is 0 Å². The number of carbonyl (C=O) groups excluding carboxylic acids is 1. The first-order valence-corrected chi connectivity index (χ1v) is 5.98. The molecule has 2 rings (SSSR count). The quantitative estimate of drug-likeness (QED) is 0.846. The van der Waals surface area contributed by atoms with Crippen LogP contribution in [-0.2, 0) is 0 Å². The highest BCUT2D eigenvalue weighted by Gasteiger charge is 2.10. The summed E-state index contributed by atoms with van der Waals surface area (Å²) in [6.45, 7) is 0. The predicted octanol–water partition coefficient (Wildman–Crippen LogP) is 3.18. The Labute approximate surface area is 116 Å². The first-order chi connectivity index (χ1) is 9.10. The SMILES string of the molecule is COc1ccc(NC(=O)c2ccc(N)cc2Cl)cc1. The van der Waals surface area contributed by atoms with Gasteiger partial charge >= 0.3 is 0 Å². The van der Waals surface area contributed by atoms with Gasteiger partial charge in [0.2, 0.25) is 0 Å². The second kappa shape index (κ2) is 5.63. The number of methoxy groups -OCH3 is 1. The van der Waals surface area contributed by atoms with Crippen molar-refractivity contribution in [3.63, 3.8) is 0 Å². The number of amides is 1. The first-order valence-electron chi connectivity index (χ1n) is 5.60. The van der Waals surface area contributed by atoms with Crippen molar-refractivity contribution in [1.29, 1.82) is 0 Å². The van der Waals surface area contributed by atoms with Crippen molar-refractivity contribution in [2.45, 2.75) is 0 Å². The monoisotopic (exact) mass is 276 g/mol. The molecule has 0 fully saturated rings. The van der Waals surface area contributed by atoms with Gasteiger partial charge < -0.3 is 15.8 Å². The Morgan fingerprint density at radius 2 is 1.89 bits per heavy atom. The lowest BCUT2D eigenvalue weighted by molar-refractivity contribution is 0.102. The number of benzene rings is 2. The first kappa shape index (κ1) is 13.2. The van der Waals surface area contributed by atoms with E-state index in [0.717, 1.165) is 5.75 Å². The van der Waals surface area contributed by atoms with Gasteiger partial charge in [0.05, 0.1) is 17.7 Å². The van der Waals surface area contributed by atoms with Crippen LogP contribution in [0.5, 0.6) is 5.75 Å². The molecule has 0 heterocycles. The topological polar surface area (TPSA) is 64.3 Å². The average Bonchev–Trinajstić information content (AvgIpc) is 2.39. The molecule has 0 bridgehead atoms. The number of carbonyl (C=O) groups is 1. The van der Waals surface area contributed by atoms with Crippen LogP contribution in [-0.4, -0.2) is 13.0 Å². The summed E-state index contributed by atoms with van der Waals surface area (Å²) >= 11 is 5.98. The molecule has 5 heteroatoms. The van der Waals surface area contributed by atoms with Crippen LogP contribution in [0.25, 0.3) is 0 Å². The lowest BCUT2D eigenvalue weighted by Gasteiger charge is -2.08. The van der Waals surface area contributed by atoms with Gasteiger partial charge in [0, 0.05) is 11.4 Å². The molecule has 0 aliphatic carbocycles. The highest BCUT2D eigenvalue weighted by atomic mass is 35.5. The second-order valence-electron chi connectivity index (χ2n) is 3.92. The van der Waals surface area contributed by atoms with Gasteiger partial charge in [-0.15, -0.1) is 0 Å².